The highest BCUT2D eigenvalue weighted by molar-refractivity contribution is 5.93. The van der Waals surface area contributed by atoms with Crippen LogP contribution in [-0.2, 0) is 4.79 Å². The highest BCUT2D eigenvalue weighted by Gasteiger charge is 2.31. The Kier molecular flexibility index (Phi) is 4.43. The quantitative estimate of drug-likeness (QED) is 0.875. The molecule has 1 aromatic rings. The van der Waals surface area contributed by atoms with Crippen molar-refractivity contribution in [3.8, 4) is 0 Å². The van der Waals surface area contributed by atoms with Crippen molar-refractivity contribution in [3.63, 3.8) is 0 Å². The third kappa shape index (κ3) is 3.26. The SMILES string of the molecule is CCN(C)c1cccc(NC(=O)C2CCCC2O)c1. The van der Waals surface area contributed by atoms with Gasteiger partial charge in [-0.25, -0.2) is 0 Å². The standard InChI is InChI=1S/C15H22N2O2/c1-3-17(2)12-7-4-6-11(10-12)16-15(19)13-8-5-9-14(13)18/h4,6-7,10,13-14,18H,3,5,8-9H2,1-2H3,(H,16,19). The summed E-state index contributed by atoms with van der Waals surface area (Å²) in [4.78, 5) is 14.2. The summed E-state index contributed by atoms with van der Waals surface area (Å²) in [6.45, 7) is 3.00. The van der Waals surface area contributed by atoms with E-state index in [1.807, 2.05) is 31.3 Å². The van der Waals surface area contributed by atoms with Crippen LogP contribution in [-0.4, -0.2) is 30.7 Å². The Labute approximate surface area is 114 Å². The number of nitrogens with zero attached hydrogens (tertiary/aromatic N) is 1. The molecular formula is C15H22N2O2. The maximum Gasteiger partial charge on any atom is 0.230 e. The number of aliphatic hydroxyl groups is 1. The van der Waals surface area contributed by atoms with E-state index in [0.717, 1.165) is 37.2 Å². The van der Waals surface area contributed by atoms with Gasteiger partial charge in [-0.15, -0.1) is 0 Å². The largest absolute Gasteiger partial charge is 0.392 e. The highest BCUT2D eigenvalue weighted by atomic mass is 16.3. The van der Waals surface area contributed by atoms with E-state index in [1.54, 1.807) is 0 Å². The zero-order valence-electron chi connectivity index (χ0n) is 11.6. The molecule has 2 N–H and O–H groups in total. The number of aliphatic hydroxyl groups excluding tert-OH is 1. The summed E-state index contributed by atoms with van der Waals surface area (Å²) in [5.41, 5.74) is 1.87. The Morgan fingerprint density at radius 1 is 1.47 bits per heavy atom. The Balaban J connectivity index is 2.04. The number of carbonyl (C=O) groups excluding carboxylic acids is 1. The minimum atomic E-state index is -0.485. The van der Waals surface area contributed by atoms with E-state index in [-0.39, 0.29) is 11.8 Å². The molecular weight excluding hydrogens is 240 g/mol. The van der Waals surface area contributed by atoms with Gasteiger partial charge in [-0.2, -0.15) is 0 Å². The number of amides is 1. The van der Waals surface area contributed by atoms with Crippen LogP contribution in [0, 0.1) is 5.92 Å². The van der Waals surface area contributed by atoms with Crippen LogP contribution in [0.25, 0.3) is 0 Å². The van der Waals surface area contributed by atoms with Crippen LogP contribution in [0.4, 0.5) is 11.4 Å². The number of hydrogen-bond acceptors (Lipinski definition) is 3. The summed E-state index contributed by atoms with van der Waals surface area (Å²) in [7, 11) is 2.02. The highest BCUT2D eigenvalue weighted by Crippen LogP contribution is 2.27. The molecule has 19 heavy (non-hydrogen) atoms. The first-order valence-corrected chi connectivity index (χ1v) is 6.92. The molecule has 1 aliphatic rings. The number of hydrogen-bond donors (Lipinski definition) is 2. The van der Waals surface area contributed by atoms with E-state index in [2.05, 4.69) is 17.1 Å². The van der Waals surface area contributed by atoms with E-state index >= 15 is 0 Å². The second kappa shape index (κ2) is 6.06. The van der Waals surface area contributed by atoms with Crippen molar-refractivity contribution in [2.24, 2.45) is 5.92 Å². The molecule has 0 aromatic heterocycles. The number of nitrogens with one attached hydrogen (secondary N) is 1. The molecule has 0 bridgehead atoms. The Bertz CT molecular complexity index is 448. The molecule has 104 valence electrons. The maximum atomic E-state index is 12.1. The van der Waals surface area contributed by atoms with Crippen LogP contribution in [0.1, 0.15) is 26.2 Å². The molecule has 2 unspecified atom stereocenters. The van der Waals surface area contributed by atoms with Gasteiger partial charge in [-0.05, 0) is 44.4 Å². The first-order valence-electron chi connectivity index (χ1n) is 6.92. The van der Waals surface area contributed by atoms with Gasteiger partial charge in [0.15, 0.2) is 0 Å². The first-order chi connectivity index (χ1) is 9.11. The van der Waals surface area contributed by atoms with Gasteiger partial charge in [-0.1, -0.05) is 6.07 Å². The lowest BCUT2D eigenvalue weighted by Crippen LogP contribution is -2.28. The van der Waals surface area contributed by atoms with Gasteiger partial charge >= 0.3 is 0 Å². The molecule has 0 radical (unpaired) electrons. The summed E-state index contributed by atoms with van der Waals surface area (Å²) in [5.74, 6) is -0.325. The van der Waals surface area contributed by atoms with Gasteiger partial charge in [0.2, 0.25) is 5.91 Å². The van der Waals surface area contributed by atoms with E-state index in [9.17, 15) is 9.90 Å². The molecule has 0 heterocycles. The lowest BCUT2D eigenvalue weighted by molar-refractivity contribution is -0.122. The Morgan fingerprint density at radius 3 is 2.89 bits per heavy atom. The van der Waals surface area contributed by atoms with E-state index in [1.165, 1.54) is 0 Å². The fourth-order valence-electron chi connectivity index (χ4n) is 2.48. The molecule has 2 atom stereocenters. The molecule has 0 aliphatic heterocycles. The molecule has 1 aliphatic carbocycles. The summed E-state index contributed by atoms with van der Waals surface area (Å²) in [6.07, 6.45) is 1.96. The van der Waals surface area contributed by atoms with Crippen molar-refractivity contribution in [3.05, 3.63) is 24.3 Å². The van der Waals surface area contributed by atoms with Crippen molar-refractivity contribution in [2.75, 3.05) is 23.8 Å². The summed E-state index contributed by atoms with van der Waals surface area (Å²) >= 11 is 0. The predicted octanol–water partition coefficient (Wildman–Crippen LogP) is 2.24. The van der Waals surface area contributed by atoms with Crippen LogP contribution in [0.5, 0.6) is 0 Å². The molecule has 0 spiro atoms. The van der Waals surface area contributed by atoms with Crippen LogP contribution in [0.15, 0.2) is 24.3 Å². The van der Waals surface area contributed by atoms with Gasteiger partial charge in [0.05, 0.1) is 12.0 Å². The van der Waals surface area contributed by atoms with Crippen molar-refractivity contribution in [1.82, 2.24) is 0 Å². The minimum absolute atomic E-state index is 0.0682. The van der Waals surface area contributed by atoms with Crippen LogP contribution >= 0.6 is 0 Å². The van der Waals surface area contributed by atoms with Crippen molar-refractivity contribution < 1.29 is 9.90 Å². The zero-order valence-corrected chi connectivity index (χ0v) is 11.6. The monoisotopic (exact) mass is 262 g/mol. The predicted molar refractivity (Wildman–Crippen MR) is 77.4 cm³/mol. The van der Waals surface area contributed by atoms with Crippen molar-refractivity contribution in [1.29, 1.82) is 0 Å². The molecule has 0 saturated heterocycles. The van der Waals surface area contributed by atoms with Crippen LogP contribution in [0.3, 0.4) is 0 Å². The number of benzene rings is 1. The topological polar surface area (TPSA) is 52.6 Å². The van der Waals surface area contributed by atoms with Crippen molar-refractivity contribution >= 4 is 17.3 Å². The molecule has 4 nitrogen and oxygen atoms in total. The average molecular weight is 262 g/mol. The summed E-state index contributed by atoms with van der Waals surface area (Å²) in [5, 5.41) is 12.7. The van der Waals surface area contributed by atoms with Gasteiger partial charge in [0.1, 0.15) is 0 Å². The third-order valence-electron chi connectivity index (χ3n) is 3.85. The maximum absolute atomic E-state index is 12.1. The summed E-state index contributed by atoms with van der Waals surface area (Å²) in [6, 6.07) is 7.79. The number of carbonyl (C=O) groups is 1. The zero-order chi connectivity index (χ0) is 13.8. The molecule has 2 rings (SSSR count). The van der Waals surface area contributed by atoms with E-state index in [0.29, 0.717) is 0 Å². The van der Waals surface area contributed by atoms with Crippen molar-refractivity contribution in [2.45, 2.75) is 32.3 Å². The second-order valence-electron chi connectivity index (χ2n) is 5.16. The Hall–Kier alpha value is -1.55. The van der Waals surface area contributed by atoms with Crippen LogP contribution in [0.2, 0.25) is 0 Å². The molecule has 1 fully saturated rings. The lowest BCUT2D eigenvalue weighted by atomic mass is 10.1. The lowest BCUT2D eigenvalue weighted by Gasteiger charge is -2.19. The molecule has 1 saturated carbocycles. The Morgan fingerprint density at radius 2 is 2.26 bits per heavy atom. The second-order valence-corrected chi connectivity index (χ2v) is 5.16. The van der Waals surface area contributed by atoms with Gasteiger partial charge in [-0.3, -0.25) is 4.79 Å². The fourth-order valence-corrected chi connectivity index (χ4v) is 2.48. The molecule has 1 aromatic carbocycles. The minimum Gasteiger partial charge on any atom is -0.392 e. The fraction of sp³-hybridized carbons (Fsp3) is 0.533. The summed E-state index contributed by atoms with van der Waals surface area (Å²) < 4.78 is 0. The number of rotatable bonds is 4. The number of anilines is 2. The third-order valence-corrected chi connectivity index (χ3v) is 3.85. The van der Waals surface area contributed by atoms with E-state index in [4.69, 9.17) is 0 Å². The van der Waals surface area contributed by atoms with Gasteiger partial charge < -0.3 is 15.3 Å². The normalized spacial score (nSPS) is 22.3. The van der Waals surface area contributed by atoms with E-state index < -0.39 is 6.10 Å². The van der Waals surface area contributed by atoms with Gasteiger partial charge in [0, 0.05) is 25.0 Å². The molecule has 4 heteroatoms. The van der Waals surface area contributed by atoms with Crippen LogP contribution < -0.4 is 10.2 Å². The first kappa shape index (κ1) is 13.9. The average Bonchev–Trinajstić information content (AvgIpc) is 2.84. The smallest absolute Gasteiger partial charge is 0.230 e. The molecule has 1 amide bonds. The van der Waals surface area contributed by atoms with Gasteiger partial charge in [0.25, 0.3) is 0 Å².